The van der Waals surface area contributed by atoms with E-state index in [2.05, 4.69) is 26.6 Å². The number of carbonyl (C=O) groups excluding carboxylic acids is 5. The second kappa shape index (κ2) is 15.4. The predicted molar refractivity (Wildman–Crippen MR) is 187 cm³/mol. The van der Waals surface area contributed by atoms with Gasteiger partial charge in [0.15, 0.2) is 0 Å². The summed E-state index contributed by atoms with van der Waals surface area (Å²) in [4.78, 5) is 72.2. The minimum absolute atomic E-state index is 0.0733. The maximum atomic E-state index is 13.7. The summed E-state index contributed by atoms with van der Waals surface area (Å²) in [6, 6.07) is 9.18. The van der Waals surface area contributed by atoms with Crippen molar-refractivity contribution in [2.45, 2.75) is 103 Å². The van der Waals surface area contributed by atoms with Gasteiger partial charge in [0.05, 0.1) is 6.61 Å². The van der Waals surface area contributed by atoms with Crippen molar-refractivity contribution in [1.29, 1.82) is 0 Å². The molecule has 49 heavy (non-hydrogen) atoms. The molecule has 1 aromatic rings. The second-order valence-electron chi connectivity index (χ2n) is 15.5. The Hall–Kier alpha value is -3.75. The van der Waals surface area contributed by atoms with Crippen LogP contribution in [0.2, 0.25) is 25.7 Å². The molecule has 0 radical (unpaired) electrons. The minimum Gasteiger partial charge on any atom is -0.385 e. The Kier molecular flexibility index (Phi) is 12.0. The number of urea groups is 2. The average molecular weight is 699 g/mol. The predicted octanol–water partition coefficient (Wildman–Crippen LogP) is 4.21. The Bertz CT molecular complexity index is 1430. The van der Waals surface area contributed by atoms with E-state index in [1.165, 1.54) is 4.90 Å². The van der Waals surface area contributed by atoms with Gasteiger partial charge in [0.2, 0.25) is 0 Å². The van der Waals surface area contributed by atoms with Gasteiger partial charge in [-0.05, 0) is 69.4 Å². The zero-order valence-electron chi connectivity index (χ0n) is 30.0. The van der Waals surface area contributed by atoms with Gasteiger partial charge in [-0.1, -0.05) is 56.9 Å². The highest BCUT2D eigenvalue weighted by atomic mass is 28.3. The van der Waals surface area contributed by atoms with E-state index in [0.29, 0.717) is 64.9 Å². The van der Waals surface area contributed by atoms with Crippen molar-refractivity contribution in [3.05, 3.63) is 47.3 Å². The van der Waals surface area contributed by atoms with Gasteiger partial charge in [-0.25, -0.2) is 14.5 Å². The number of unbranched alkanes of at least 4 members (excludes halogenated alkanes) is 1. The van der Waals surface area contributed by atoms with Crippen LogP contribution in [0.4, 0.5) is 9.59 Å². The maximum Gasteiger partial charge on any atom is 0.334 e. The fourth-order valence-electron chi connectivity index (χ4n) is 6.58. The van der Waals surface area contributed by atoms with Crippen LogP contribution in [0.1, 0.15) is 64.9 Å². The third-order valence-corrected chi connectivity index (χ3v) is 11.5. The lowest BCUT2D eigenvalue weighted by Crippen LogP contribution is -2.61. The third-order valence-electron chi connectivity index (χ3n) is 9.84. The van der Waals surface area contributed by atoms with Gasteiger partial charge in [-0.3, -0.25) is 24.2 Å². The lowest BCUT2D eigenvalue weighted by atomic mass is 9.72. The number of rotatable bonds is 15. The fraction of sp³-hybridized carbons (Fsp3) is 0.629. The number of benzene rings is 1. The van der Waals surface area contributed by atoms with E-state index in [0.717, 1.165) is 21.4 Å². The maximum absolute atomic E-state index is 13.7. The van der Waals surface area contributed by atoms with E-state index in [-0.39, 0.29) is 36.2 Å². The highest BCUT2D eigenvalue weighted by Crippen LogP contribution is 2.42. The first-order valence-corrected chi connectivity index (χ1v) is 21.0. The second-order valence-corrected chi connectivity index (χ2v) is 21.2. The number of hydrogen-bond acceptors (Lipinski definition) is 9. The van der Waals surface area contributed by atoms with Crippen molar-refractivity contribution < 1.29 is 33.4 Å². The van der Waals surface area contributed by atoms with E-state index in [9.17, 15) is 24.0 Å². The number of imide groups is 3. The molecule has 4 N–H and O–H groups in total. The molecule has 4 rings (SSSR count). The first-order chi connectivity index (χ1) is 23.0. The van der Waals surface area contributed by atoms with E-state index in [1.807, 2.05) is 30.3 Å². The van der Waals surface area contributed by atoms with Crippen LogP contribution >= 0.6 is 0 Å². The largest absolute Gasteiger partial charge is 0.385 e. The molecule has 14 heteroatoms. The van der Waals surface area contributed by atoms with Gasteiger partial charge in [-0.15, -0.1) is 0 Å². The molecular weight excluding hydrogens is 645 g/mol. The van der Waals surface area contributed by atoms with Gasteiger partial charge < -0.3 is 25.8 Å². The van der Waals surface area contributed by atoms with Crippen molar-refractivity contribution in [2.24, 2.45) is 16.9 Å². The normalized spacial score (nSPS) is 23.3. The molecule has 0 unspecified atom stereocenters. The Morgan fingerprint density at radius 2 is 1.51 bits per heavy atom. The molecule has 1 saturated carbocycles. The summed E-state index contributed by atoms with van der Waals surface area (Å²) in [5, 5.41) is 0. The summed E-state index contributed by atoms with van der Waals surface area (Å²) < 4.78 is 11.5. The molecule has 0 atom stereocenters. The summed E-state index contributed by atoms with van der Waals surface area (Å²) in [6.07, 6.45) is 3.17. The number of nitrogens with zero attached hydrogens (tertiary/aromatic N) is 4. The average Bonchev–Trinajstić information content (AvgIpc) is 3.18. The highest BCUT2D eigenvalue weighted by molar-refractivity contribution is 6.76. The number of barbiturate groups is 1. The molecule has 7 amide bonds. The Balaban J connectivity index is 1.35. The molecule has 2 saturated heterocycles. The van der Waals surface area contributed by atoms with Gasteiger partial charge in [-0.2, -0.15) is 0 Å². The summed E-state index contributed by atoms with van der Waals surface area (Å²) in [6.45, 7) is 14.1. The number of carbonyl (C=O) groups is 5. The Morgan fingerprint density at radius 1 is 0.857 bits per heavy atom. The van der Waals surface area contributed by atoms with Crippen LogP contribution < -0.4 is 11.5 Å². The lowest BCUT2D eigenvalue weighted by molar-refractivity contribution is -0.139. The molecule has 270 valence electrons. The van der Waals surface area contributed by atoms with E-state index in [4.69, 9.17) is 20.9 Å². The van der Waals surface area contributed by atoms with Crippen LogP contribution in [0, 0.1) is 5.41 Å². The van der Waals surface area contributed by atoms with E-state index >= 15 is 0 Å². The number of amides is 7. The summed E-state index contributed by atoms with van der Waals surface area (Å²) in [5.74, 6) is -2.28. The van der Waals surface area contributed by atoms with Crippen LogP contribution in [-0.4, -0.2) is 102 Å². The number of hydrogen-bond donors (Lipinski definition) is 2. The summed E-state index contributed by atoms with van der Waals surface area (Å²) in [7, 11) is -1.32. The van der Waals surface area contributed by atoms with Crippen LogP contribution in [0.3, 0.4) is 0 Å². The topological polar surface area (TPSA) is 169 Å². The van der Waals surface area contributed by atoms with Crippen LogP contribution in [0.15, 0.2) is 41.7 Å². The smallest absolute Gasteiger partial charge is 0.334 e. The van der Waals surface area contributed by atoms with Crippen molar-refractivity contribution >= 4 is 37.9 Å². The van der Waals surface area contributed by atoms with Crippen molar-refractivity contribution in [3.8, 4) is 0 Å². The fourth-order valence-corrected chi connectivity index (χ4v) is 7.34. The van der Waals surface area contributed by atoms with Crippen LogP contribution in [0.5, 0.6) is 0 Å². The quantitative estimate of drug-likeness (QED) is 0.0896. The molecule has 0 aromatic heterocycles. The SMILES string of the molecule is CC1(CN2C(=O)N(COCC[Si](C)(C)C)C(=O)C2(C)C)CCC(N2C(=O)C(=C(N)N)C(=O)N(CCCCOCc3ccccc3)C2=O)CC1. The van der Waals surface area contributed by atoms with Gasteiger partial charge in [0.25, 0.3) is 17.7 Å². The van der Waals surface area contributed by atoms with Crippen molar-refractivity contribution in [3.63, 3.8) is 0 Å². The van der Waals surface area contributed by atoms with Crippen molar-refractivity contribution in [2.75, 3.05) is 33.0 Å². The van der Waals surface area contributed by atoms with E-state index in [1.54, 1.807) is 18.7 Å². The standard InChI is InChI=1S/C35H54N6O7Si/c1-34(2)31(44)39(24-48-20-21-49(4,5)6)32(45)40(34)23-35(3)16-14-26(15-17-35)41-30(43)27(28(36)37)29(42)38(33(41)46)18-10-11-19-47-22-25-12-8-7-9-13-25/h7-9,12-13,26H,10-11,14-24,36-37H2,1-6H3. The molecule has 0 bridgehead atoms. The molecule has 13 nitrogen and oxygen atoms in total. The van der Waals surface area contributed by atoms with Gasteiger partial charge in [0, 0.05) is 40.4 Å². The van der Waals surface area contributed by atoms with E-state index < -0.39 is 43.3 Å². The Labute approximate surface area is 290 Å². The minimum atomic E-state index is -1.32. The molecule has 0 spiro atoms. The molecule has 1 aliphatic carbocycles. The molecular formula is C35H54N6O7Si. The third kappa shape index (κ3) is 8.89. The molecule has 1 aromatic carbocycles. The molecule has 3 aliphatic rings. The highest BCUT2D eigenvalue weighted by Gasteiger charge is 2.54. The zero-order chi connectivity index (χ0) is 36.1. The molecule has 2 heterocycles. The lowest BCUT2D eigenvalue weighted by Gasteiger charge is -2.45. The first kappa shape index (κ1) is 38.1. The molecule has 2 aliphatic heterocycles. The van der Waals surface area contributed by atoms with Gasteiger partial charge >= 0.3 is 12.1 Å². The summed E-state index contributed by atoms with van der Waals surface area (Å²) >= 11 is 0. The summed E-state index contributed by atoms with van der Waals surface area (Å²) in [5.41, 5.74) is 10.9. The monoisotopic (exact) mass is 698 g/mol. The first-order valence-electron chi connectivity index (χ1n) is 17.2. The van der Waals surface area contributed by atoms with Crippen LogP contribution in [-0.2, 0) is 30.5 Å². The van der Waals surface area contributed by atoms with Crippen molar-refractivity contribution in [1.82, 2.24) is 19.6 Å². The molecule has 3 fully saturated rings. The zero-order valence-corrected chi connectivity index (χ0v) is 31.0. The van der Waals surface area contributed by atoms with Crippen LogP contribution in [0.25, 0.3) is 0 Å². The van der Waals surface area contributed by atoms with Gasteiger partial charge in [0.1, 0.15) is 23.7 Å². The Morgan fingerprint density at radius 3 is 2.12 bits per heavy atom. The number of nitrogens with two attached hydrogens (primary N) is 2. The number of ether oxygens (including phenoxy) is 2.